The molecule has 0 spiro atoms. The topological polar surface area (TPSA) is 12.9 Å². The van der Waals surface area contributed by atoms with E-state index in [0.717, 1.165) is 0 Å². The number of thiazole rings is 1. The number of nitrogens with zero attached hydrogens (tertiary/aromatic N) is 1. The molecule has 1 nitrogen and oxygen atoms in total. The first-order valence-corrected chi connectivity index (χ1v) is 6.07. The van der Waals surface area contributed by atoms with Crippen molar-refractivity contribution >= 4 is 11.3 Å². The van der Waals surface area contributed by atoms with E-state index in [1.54, 1.807) is 0 Å². The van der Waals surface area contributed by atoms with Gasteiger partial charge in [-0.2, -0.15) is 0 Å². The Morgan fingerprint density at radius 1 is 1.31 bits per heavy atom. The van der Waals surface area contributed by atoms with Gasteiger partial charge in [-0.1, -0.05) is 26.7 Å². The van der Waals surface area contributed by atoms with Gasteiger partial charge in [0.25, 0.3) is 0 Å². The molecular weight excluding hydrogens is 178 g/mol. The first-order chi connectivity index (χ1) is 6.27. The van der Waals surface area contributed by atoms with Crippen LogP contribution in [0, 0.1) is 6.92 Å². The highest BCUT2D eigenvalue weighted by Gasteiger charge is 2.12. The smallest absolute Gasteiger partial charge is 0.0959 e. The maximum atomic E-state index is 4.57. The van der Waals surface area contributed by atoms with Gasteiger partial charge in [-0.25, -0.2) is 4.98 Å². The molecule has 74 valence electrons. The van der Waals surface area contributed by atoms with Crippen LogP contribution in [-0.4, -0.2) is 4.98 Å². The Kier molecular flexibility index (Phi) is 4.43. The van der Waals surface area contributed by atoms with Crippen molar-refractivity contribution in [3.8, 4) is 0 Å². The van der Waals surface area contributed by atoms with Crippen molar-refractivity contribution in [3.05, 3.63) is 16.1 Å². The average Bonchev–Trinajstić information content (AvgIpc) is 2.51. The third kappa shape index (κ3) is 3.11. The van der Waals surface area contributed by atoms with Crippen molar-refractivity contribution < 1.29 is 0 Å². The second-order valence-electron chi connectivity index (χ2n) is 3.60. The molecule has 2 heteroatoms. The van der Waals surface area contributed by atoms with Gasteiger partial charge in [-0.3, -0.25) is 0 Å². The van der Waals surface area contributed by atoms with E-state index in [0.29, 0.717) is 5.92 Å². The van der Waals surface area contributed by atoms with E-state index in [2.05, 4.69) is 31.1 Å². The Balaban J connectivity index is 2.63. The van der Waals surface area contributed by atoms with E-state index in [1.165, 1.54) is 36.4 Å². The molecule has 1 aromatic heterocycles. The van der Waals surface area contributed by atoms with Gasteiger partial charge in [0, 0.05) is 17.0 Å². The zero-order valence-electron chi connectivity index (χ0n) is 8.84. The summed E-state index contributed by atoms with van der Waals surface area (Å²) in [6, 6.07) is 0. The number of hydrogen-bond acceptors (Lipinski definition) is 2. The molecule has 13 heavy (non-hydrogen) atoms. The Hall–Kier alpha value is -0.370. The van der Waals surface area contributed by atoms with E-state index in [4.69, 9.17) is 0 Å². The summed E-state index contributed by atoms with van der Waals surface area (Å²) in [6.45, 7) is 6.58. The predicted octanol–water partition coefficient (Wildman–Crippen LogP) is 4.14. The van der Waals surface area contributed by atoms with Crippen LogP contribution in [0.3, 0.4) is 0 Å². The lowest BCUT2D eigenvalue weighted by atomic mass is 9.99. The second kappa shape index (κ2) is 5.38. The SMILES string of the molecule is CCCC(CCC)c1nc(C)cs1. The van der Waals surface area contributed by atoms with Gasteiger partial charge >= 0.3 is 0 Å². The summed E-state index contributed by atoms with van der Waals surface area (Å²) in [4.78, 5) is 4.57. The summed E-state index contributed by atoms with van der Waals surface area (Å²) in [5, 5.41) is 3.51. The zero-order chi connectivity index (χ0) is 9.68. The molecule has 0 bridgehead atoms. The van der Waals surface area contributed by atoms with Crippen molar-refractivity contribution in [1.82, 2.24) is 4.98 Å². The lowest BCUT2D eigenvalue weighted by Crippen LogP contribution is -1.97. The molecule has 0 aliphatic heterocycles. The largest absolute Gasteiger partial charge is 0.246 e. The molecule has 0 aliphatic rings. The van der Waals surface area contributed by atoms with Gasteiger partial charge in [-0.15, -0.1) is 11.3 Å². The highest BCUT2D eigenvalue weighted by molar-refractivity contribution is 7.09. The molecule has 0 aliphatic carbocycles. The summed E-state index contributed by atoms with van der Waals surface area (Å²) in [6.07, 6.45) is 5.12. The monoisotopic (exact) mass is 197 g/mol. The maximum absolute atomic E-state index is 4.57. The number of aryl methyl sites for hydroxylation is 1. The number of rotatable bonds is 5. The summed E-state index contributed by atoms with van der Waals surface area (Å²) in [5.41, 5.74) is 1.18. The summed E-state index contributed by atoms with van der Waals surface area (Å²) >= 11 is 1.83. The Labute approximate surface area is 85.2 Å². The van der Waals surface area contributed by atoms with Crippen molar-refractivity contribution in [2.75, 3.05) is 0 Å². The van der Waals surface area contributed by atoms with E-state index in [1.807, 2.05) is 11.3 Å². The van der Waals surface area contributed by atoms with Crippen molar-refractivity contribution in [2.45, 2.75) is 52.4 Å². The van der Waals surface area contributed by atoms with E-state index in [-0.39, 0.29) is 0 Å². The molecule has 0 saturated carbocycles. The van der Waals surface area contributed by atoms with Crippen LogP contribution in [0.2, 0.25) is 0 Å². The Bertz CT molecular complexity index is 236. The van der Waals surface area contributed by atoms with Crippen molar-refractivity contribution in [3.63, 3.8) is 0 Å². The fraction of sp³-hybridized carbons (Fsp3) is 0.727. The Morgan fingerprint density at radius 3 is 2.31 bits per heavy atom. The van der Waals surface area contributed by atoms with Gasteiger partial charge in [0.05, 0.1) is 5.01 Å². The van der Waals surface area contributed by atoms with Gasteiger partial charge < -0.3 is 0 Å². The molecule has 0 atom stereocenters. The first kappa shape index (κ1) is 10.7. The van der Waals surface area contributed by atoms with Crippen LogP contribution >= 0.6 is 11.3 Å². The molecule has 1 heterocycles. The number of aromatic nitrogens is 1. The molecule has 0 fully saturated rings. The minimum atomic E-state index is 0.716. The summed E-state index contributed by atoms with van der Waals surface area (Å²) in [5.74, 6) is 0.716. The minimum Gasteiger partial charge on any atom is -0.246 e. The first-order valence-electron chi connectivity index (χ1n) is 5.20. The standard InChI is InChI=1S/C11H19NS/c1-4-6-10(7-5-2)11-12-9(3)8-13-11/h8,10H,4-7H2,1-3H3. The maximum Gasteiger partial charge on any atom is 0.0959 e. The van der Waals surface area contributed by atoms with E-state index < -0.39 is 0 Å². The average molecular weight is 197 g/mol. The van der Waals surface area contributed by atoms with Gasteiger partial charge in [0.15, 0.2) is 0 Å². The third-order valence-corrected chi connectivity index (χ3v) is 3.39. The van der Waals surface area contributed by atoms with Crippen LogP contribution < -0.4 is 0 Å². The van der Waals surface area contributed by atoms with E-state index >= 15 is 0 Å². The van der Waals surface area contributed by atoms with Gasteiger partial charge in [0.1, 0.15) is 0 Å². The van der Waals surface area contributed by atoms with Crippen LogP contribution in [0.1, 0.15) is 56.2 Å². The normalized spacial score (nSPS) is 11.1. The fourth-order valence-corrected chi connectivity index (χ4v) is 2.62. The Morgan fingerprint density at radius 2 is 1.92 bits per heavy atom. The highest BCUT2D eigenvalue weighted by atomic mass is 32.1. The lowest BCUT2D eigenvalue weighted by Gasteiger charge is -2.11. The molecular formula is C11H19NS. The zero-order valence-corrected chi connectivity index (χ0v) is 9.66. The van der Waals surface area contributed by atoms with E-state index in [9.17, 15) is 0 Å². The quantitative estimate of drug-likeness (QED) is 0.691. The molecule has 0 amide bonds. The fourth-order valence-electron chi connectivity index (χ4n) is 1.65. The van der Waals surface area contributed by atoms with Crippen molar-refractivity contribution in [2.24, 2.45) is 0 Å². The predicted molar refractivity (Wildman–Crippen MR) is 59.4 cm³/mol. The van der Waals surface area contributed by atoms with Crippen LogP contribution in [0.5, 0.6) is 0 Å². The van der Waals surface area contributed by atoms with Crippen LogP contribution in [-0.2, 0) is 0 Å². The van der Waals surface area contributed by atoms with Crippen LogP contribution in [0.25, 0.3) is 0 Å². The van der Waals surface area contributed by atoms with Crippen molar-refractivity contribution in [1.29, 1.82) is 0 Å². The van der Waals surface area contributed by atoms with Gasteiger partial charge in [0.2, 0.25) is 0 Å². The van der Waals surface area contributed by atoms with Gasteiger partial charge in [-0.05, 0) is 19.8 Å². The molecule has 1 rings (SSSR count). The molecule has 0 unspecified atom stereocenters. The third-order valence-electron chi connectivity index (χ3n) is 2.26. The molecule has 0 saturated heterocycles. The number of hydrogen-bond donors (Lipinski definition) is 0. The van der Waals surface area contributed by atoms with Crippen LogP contribution in [0.15, 0.2) is 5.38 Å². The highest BCUT2D eigenvalue weighted by Crippen LogP contribution is 2.28. The van der Waals surface area contributed by atoms with Crippen LogP contribution in [0.4, 0.5) is 0 Å². The summed E-state index contributed by atoms with van der Waals surface area (Å²) in [7, 11) is 0. The molecule has 1 aromatic rings. The second-order valence-corrected chi connectivity index (χ2v) is 4.49. The molecule has 0 N–H and O–H groups in total. The summed E-state index contributed by atoms with van der Waals surface area (Å²) < 4.78 is 0. The minimum absolute atomic E-state index is 0.716. The lowest BCUT2D eigenvalue weighted by molar-refractivity contribution is 0.557. The molecule has 0 aromatic carbocycles. The molecule has 0 radical (unpaired) electrons.